The van der Waals surface area contributed by atoms with Crippen LogP contribution in [0, 0.1) is 6.92 Å². The largest absolute Gasteiger partial charge is 0.383 e. The number of hydrogen-bond acceptors (Lipinski definition) is 5. The quantitative estimate of drug-likeness (QED) is 0.800. The number of aromatic nitrogens is 4. The molecule has 1 saturated carbocycles. The van der Waals surface area contributed by atoms with E-state index < -0.39 is 0 Å². The first-order valence-electron chi connectivity index (χ1n) is 7.67. The topological polar surface area (TPSA) is 82.8 Å². The molecule has 2 N–H and O–H groups in total. The normalized spacial score (nSPS) is 15.1. The lowest BCUT2D eigenvalue weighted by atomic mass is 10.1. The summed E-state index contributed by atoms with van der Waals surface area (Å²) in [6.45, 7) is 6.24. The summed E-state index contributed by atoms with van der Waals surface area (Å²) < 4.78 is 7.54. The van der Waals surface area contributed by atoms with Gasteiger partial charge in [-0.3, -0.25) is 4.68 Å². The van der Waals surface area contributed by atoms with Gasteiger partial charge in [-0.25, -0.2) is 4.98 Å². The van der Waals surface area contributed by atoms with Gasteiger partial charge >= 0.3 is 0 Å². The van der Waals surface area contributed by atoms with E-state index in [1.165, 1.54) is 12.8 Å². The maximum atomic E-state index is 6.11. The van der Waals surface area contributed by atoms with Crippen molar-refractivity contribution in [3.05, 3.63) is 23.6 Å². The van der Waals surface area contributed by atoms with Gasteiger partial charge in [0.1, 0.15) is 23.0 Å². The number of fused-ring (bicyclic) bond motifs is 1. The highest BCUT2D eigenvalue weighted by Gasteiger charge is 2.32. The molecule has 114 valence electrons. The van der Waals surface area contributed by atoms with Gasteiger partial charge in [-0.1, -0.05) is 5.16 Å². The van der Waals surface area contributed by atoms with E-state index in [9.17, 15) is 0 Å². The zero-order valence-electron chi connectivity index (χ0n) is 13.0. The Labute approximate surface area is 128 Å². The SMILES string of the molecule is Cc1c(-c2nn(C(C)C)c3ccnc(N)c23)noc1C1CC1. The van der Waals surface area contributed by atoms with E-state index in [0.29, 0.717) is 11.7 Å². The van der Waals surface area contributed by atoms with Crippen molar-refractivity contribution in [1.82, 2.24) is 19.9 Å². The van der Waals surface area contributed by atoms with Crippen LogP contribution in [0.25, 0.3) is 22.3 Å². The highest BCUT2D eigenvalue weighted by molar-refractivity contribution is 6.00. The third-order valence-electron chi connectivity index (χ3n) is 4.27. The number of nitrogens with zero attached hydrogens (tertiary/aromatic N) is 4. The van der Waals surface area contributed by atoms with Crippen LogP contribution in [0.5, 0.6) is 0 Å². The summed E-state index contributed by atoms with van der Waals surface area (Å²) in [7, 11) is 0. The van der Waals surface area contributed by atoms with Crippen molar-refractivity contribution in [2.75, 3.05) is 5.73 Å². The fraction of sp³-hybridized carbons (Fsp3) is 0.438. The molecule has 3 aromatic heterocycles. The Bertz CT molecular complexity index is 857. The Morgan fingerprint density at radius 1 is 1.32 bits per heavy atom. The van der Waals surface area contributed by atoms with E-state index in [2.05, 4.69) is 24.0 Å². The molecule has 0 spiro atoms. The third-order valence-corrected chi connectivity index (χ3v) is 4.27. The molecule has 6 nitrogen and oxygen atoms in total. The van der Waals surface area contributed by atoms with E-state index in [0.717, 1.165) is 33.6 Å². The fourth-order valence-corrected chi connectivity index (χ4v) is 2.97. The minimum absolute atomic E-state index is 0.230. The maximum Gasteiger partial charge on any atom is 0.143 e. The summed E-state index contributed by atoms with van der Waals surface area (Å²) in [4.78, 5) is 4.22. The minimum Gasteiger partial charge on any atom is -0.383 e. The van der Waals surface area contributed by atoms with Gasteiger partial charge in [0.05, 0.1) is 10.9 Å². The smallest absolute Gasteiger partial charge is 0.143 e. The van der Waals surface area contributed by atoms with Gasteiger partial charge in [-0.2, -0.15) is 5.10 Å². The average molecular weight is 297 g/mol. The summed E-state index contributed by atoms with van der Waals surface area (Å²) in [5, 5.41) is 9.88. The molecule has 0 aliphatic heterocycles. The maximum absolute atomic E-state index is 6.11. The number of anilines is 1. The molecule has 1 aliphatic carbocycles. The molecule has 0 radical (unpaired) electrons. The van der Waals surface area contributed by atoms with Gasteiger partial charge in [-0.15, -0.1) is 0 Å². The Kier molecular flexibility index (Phi) is 2.76. The minimum atomic E-state index is 0.230. The molecular weight excluding hydrogens is 278 g/mol. The third kappa shape index (κ3) is 1.83. The van der Waals surface area contributed by atoms with E-state index >= 15 is 0 Å². The van der Waals surface area contributed by atoms with Crippen molar-refractivity contribution in [2.45, 2.75) is 45.6 Å². The molecule has 3 heterocycles. The standard InChI is InChI=1S/C16H19N5O/c1-8(2)21-11-6-7-18-16(17)12(11)14(19-21)13-9(3)15(22-20-13)10-4-5-10/h6-8,10H,4-5H2,1-3H3,(H2,17,18). The van der Waals surface area contributed by atoms with Gasteiger partial charge in [0, 0.05) is 23.7 Å². The summed E-state index contributed by atoms with van der Waals surface area (Å²) in [6.07, 6.45) is 4.08. The van der Waals surface area contributed by atoms with Crippen LogP contribution >= 0.6 is 0 Å². The summed E-state index contributed by atoms with van der Waals surface area (Å²) in [6, 6.07) is 2.17. The Morgan fingerprint density at radius 3 is 2.77 bits per heavy atom. The number of nitrogens with two attached hydrogens (primary N) is 1. The zero-order valence-corrected chi connectivity index (χ0v) is 13.0. The van der Waals surface area contributed by atoms with E-state index in [-0.39, 0.29) is 6.04 Å². The molecular formula is C16H19N5O. The molecule has 1 aliphatic rings. The number of hydrogen-bond donors (Lipinski definition) is 1. The Morgan fingerprint density at radius 2 is 2.09 bits per heavy atom. The molecule has 1 fully saturated rings. The van der Waals surface area contributed by atoms with Crippen molar-refractivity contribution in [2.24, 2.45) is 0 Å². The number of nitrogen functional groups attached to an aromatic ring is 1. The van der Waals surface area contributed by atoms with Crippen LogP contribution in [0.4, 0.5) is 5.82 Å². The predicted molar refractivity (Wildman–Crippen MR) is 84.5 cm³/mol. The molecule has 0 amide bonds. The average Bonchev–Trinajstić information content (AvgIpc) is 3.13. The van der Waals surface area contributed by atoms with Gasteiger partial charge < -0.3 is 10.3 Å². The lowest BCUT2D eigenvalue weighted by Crippen LogP contribution is -2.02. The van der Waals surface area contributed by atoms with Crippen LogP contribution in [0.2, 0.25) is 0 Å². The highest BCUT2D eigenvalue weighted by atomic mass is 16.5. The lowest BCUT2D eigenvalue weighted by molar-refractivity contribution is 0.385. The van der Waals surface area contributed by atoms with E-state index in [1.807, 2.05) is 17.7 Å². The Balaban J connectivity index is 1.98. The second kappa shape index (κ2) is 4.56. The van der Waals surface area contributed by atoms with Crippen LogP contribution in [-0.2, 0) is 0 Å². The molecule has 22 heavy (non-hydrogen) atoms. The Hall–Kier alpha value is -2.37. The van der Waals surface area contributed by atoms with Crippen LogP contribution in [0.3, 0.4) is 0 Å². The van der Waals surface area contributed by atoms with Crippen molar-refractivity contribution in [3.8, 4) is 11.4 Å². The monoisotopic (exact) mass is 297 g/mol. The second-order valence-corrected chi connectivity index (χ2v) is 6.27. The van der Waals surface area contributed by atoms with Crippen molar-refractivity contribution >= 4 is 16.7 Å². The van der Waals surface area contributed by atoms with Crippen LogP contribution in [0.15, 0.2) is 16.8 Å². The van der Waals surface area contributed by atoms with Gasteiger partial charge in [-0.05, 0) is 39.7 Å². The van der Waals surface area contributed by atoms with Crippen LogP contribution in [0.1, 0.15) is 50.0 Å². The summed E-state index contributed by atoms with van der Waals surface area (Å²) in [5.41, 5.74) is 9.71. The molecule has 0 saturated heterocycles. The zero-order chi connectivity index (χ0) is 15.4. The molecule has 0 atom stereocenters. The lowest BCUT2D eigenvalue weighted by Gasteiger charge is -2.06. The van der Waals surface area contributed by atoms with Gasteiger partial charge in [0.25, 0.3) is 0 Å². The number of pyridine rings is 1. The fourth-order valence-electron chi connectivity index (χ4n) is 2.97. The molecule has 6 heteroatoms. The van der Waals surface area contributed by atoms with Crippen LogP contribution in [-0.4, -0.2) is 19.9 Å². The molecule has 3 aromatic rings. The summed E-state index contributed by atoms with van der Waals surface area (Å²) >= 11 is 0. The first-order chi connectivity index (χ1) is 10.6. The van der Waals surface area contributed by atoms with Crippen LogP contribution < -0.4 is 5.73 Å². The predicted octanol–water partition coefficient (Wildman–Crippen LogP) is 3.44. The summed E-state index contributed by atoms with van der Waals surface area (Å²) in [5.74, 6) is 2.00. The highest BCUT2D eigenvalue weighted by Crippen LogP contribution is 2.44. The number of rotatable bonds is 3. The first-order valence-corrected chi connectivity index (χ1v) is 7.67. The first kappa shape index (κ1) is 13.3. The molecule has 4 rings (SSSR count). The van der Waals surface area contributed by atoms with Crippen molar-refractivity contribution in [3.63, 3.8) is 0 Å². The molecule has 0 aromatic carbocycles. The molecule has 0 unspecified atom stereocenters. The van der Waals surface area contributed by atoms with Gasteiger partial charge in [0.15, 0.2) is 0 Å². The van der Waals surface area contributed by atoms with Gasteiger partial charge in [0.2, 0.25) is 0 Å². The van der Waals surface area contributed by atoms with Crippen molar-refractivity contribution in [1.29, 1.82) is 0 Å². The second-order valence-electron chi connectivity index (χ2n) is 6.27. The van der Waals surface area contributed by atoms with E-state index in [1.54, 1.807) is 6.20 Å². The molecule has 0 bridgehead atoms. The van der Waals surface area contributed by atoms with Crippen molar-refractivity contribution < 1.29 is 4.52 Å². The van der Waals surface area contributed by atoms with E-state index in [4.69, 9.17) is 15.4 Å².